The van der Waals surface area contributed by atoms with Gasteiger partial charge in [0.15, 0.2) is 0 Å². The number of alkyl halides is 3. The van der Waals surface area contributed by atoms with Crippen LogP contribution in [0.25, 0.3) is 16.9 Å². The number of ether oxygens (including phenoxy) is 1. The number of nitrogens with zero attached hydrogens (tertiary/aromatic N) is 1. The molecule has 2 aromatic carbocycles. The van der Waals surface area contributed by atoms with E-state index in [4.69, 9.17) is 9.56 Å². The lowest BCUT2D eigenvalue weighted by Crippen LogP contribution is -2.18. The van der Waals surface area contributed by atoms with Gasteiger partial charge in [-0.3, -0.25) is 0 Å². The van der Waals surface area contributed by atoms with E-state index in [0.29, 0.717) is 12.1 Å². The minimum absolute atomic E-state index is 0.0138. The van der Waals surface area contributed by atoms with Crippen LogP contribution in [-0.4, -0.2) is 19.3 Å². The second-order valence-corrected chi connectivity index (χ2v) is 7.56. The zero-order chi connectivity index (χ0) is 22.4. The van der Waals surface area contributed by atoms with Gasteiger partial charge in [0.25, 0.3) is 0 Å². The minimum Gasteiger partial charge on any atom is -0.415 e. The summed E-state index contributed by atoms with van der Waals surface area (Å²) in [5.41, 5.74) is -0.911. The van der Waals surface area contributed by atoms with Gasteiger partial charge in [-0.05, 0) is 42.8 Å². The molecule has 0 amide bonds. The third-order valence-electron chi connectivity index (χ3n) is 3.94. The Bertz CT molecular complexity index is 1290. The Morgan fingerprint density at radius 1 is 1.10 bits per heavy atom. The first-order chi connectivity index (χ1) is 13.8. The van der Waals surface area contributed by atoms with Crippen molar-refractivity contribution in [3.05, 3.63) is 64.3 Å². The van der Waals surface area contributed by atoms with E-state index in [1.165, 1.54) is 6.92 Å². The first kappa shape index (κ1) is 21.5. The Hall–Kier alpha value is -3.19. The normalized spacial score (nSPS) is 12.2. The summed E-state index contributed by atoms with van der Waals surface area (Å²) in [6, 6.07) is 3.98. The maximum absolute atomic E-state index is 14.5. The number of hydrogen-bond donors (Lipinski definition) is 1. The molecular formula is C17H11F5N2O5S. The quantitative estimate of drug-likeness (QED) is 0.615. The molecule has 0 atom stereocenters. The molecule has 0 bridgehead atoms. The van der Waals surface area contributed by atoms with Crippen LogP contribution in [0.15, 0.2) is 50.7 Å². The summed E-state index contributed by atoms with van der Waals surface area (Å²) in [5, 5.41) is 4.81. The van der Waals surface area contributed by atoms with Crippen molar-refractivity contribution in [2.45, 2.75) is 18.2 Å². The van der Waals surface area contributed by atoms with E-state index < -0.39 is 50.0 Å². The Morgan fingerprint density at radius 3 is 2.33 bits per heavy atom. The van der Waals surface area contributed by atoms with Crippen molar-refractivity contribution in [3.8, 4) is 22.7 Å². The third kappa shape index (κ3) is 4.21. The van der Waals surface area contributed by atoms with Crippen LogP contribution in [0.1, 0.15) is 5.56 Å². The van der Waals surface area contributed by atoms with Gasteiger partial charge in [-0.15, -0.1) is 13.2 Å². The zero-order valence-corrected chi connectivity index (χ0v) is 15.6. The molecule has 0 fully saturated rings. The molecule has 0 spiro atoms. The van der Waals surface area contributed by atoms with E-state index in [1.807, 2.05) is 0 Å². The number of halogens is 5. The fraction of sp³-hybridized carbons (Fsp3) is 0.118. The van der Waals surface area contributed by atoms with Crippen molar-refractivity contribution >= 4 is 10.0 Å². The van der Waals surface area contributed by atoms with Crippen LogP contribution in [0, 0.1) is 18.6 Å². The lowest BCUT2D eigenvalue weighted by Gasteiger charge is -2.13. The molecule has 0 radical (unpaired) electrons. The maximum Gasteiger partial charge on any atom is 0.573 e. The smallest absolute Gasteiger partial charge is 0.415 e. The summed E-state index contributed by atoms with van der Waals surface area (Å²) in [6.45, 7) is 1.27. The number of hydrogen-bond acceptors (Lipinski definition) is 5. The average Bonchev–Trinajstić information content (AvgIpc) is 2.97. The van der Waals surface area contributed by atoms with Crippen molar-refractivity contribution in [3.63, 3.8) is 0 Å². The first-order valence-electron chi connectivity index (χ1n) is 7.87. The SMILES string of the molecule is Cc1cc(-n2c(-c3cc(F)c(S(N)(=O)=O)cc3F)coc2=O)ccc1OC(F)(F)F. The molecule has 7 nitrogen and oxygen atoms in total. The number of aryl methyl sites for hydroxylation is 1. The molecule has 0 unspecified atom stereocenters. The molecule has 160 valence electrons. The lowest BCUT2D eigenvalue weighted by molar-refractivity contribution is -0.274. The molecule has 2 N–H and O–H groups in total. The number of nitrogens with two attached hydrogens (primary N) is 1. The highest BCUT2D eigenvalue weighted by Crippen LogP contribution is 2.31. The Kier molecular flexibility index (Phi) is 5.20. The topological polar surface area (TPSA) is 105 Å². The number of benzene rings is 2. The van der Waals surface area contributed by atoms with Crippen molar-refractivity contribution in [2.24, 2.45) is 5.14 Å². The van der Waals surface area contributed by atoms with E-state index in [9.17, 15) is 35.2 Å². The molecule has 0 aliphatic rings. The minimum atomic E-state index is -4.93. The van der Waals surface area contributed by atoms with E-state index in [-0.39, 0.29) is 16.9 Å². The van der Waals surface area contributed by atoms with Gasteiger partial charge in [0.1, 0.15) is 28.5 Å². The largest absolute Gasteiger partial charge is 0.573 e. The van der Waals surface area contributed by atoms with Gasteiger partial charge in [-0.1, -0.05) is 0 Å². The molecule has 0 aliphatic heterocycles. The van der Waals surface area contributed by atoms with Gasteiger partial charge in [-0.2, -0.15) is 0 Å². The summed E-state index contributed by atoms with van der Waals surface area (Å²) >= 11 is 0. The highest BCUT2D eigenvalue weighted by molar-refractivity contribution is 7.89. The van der Waals surface area contributed by atoms with E-state index >= 15 is 0 Å². The van der Waals surface area contributed by atoms with E-state index in [0.717, 1.165) is 29.0 Å². The lowest BCUT2D eigenvalue weighted by atomic mass is 10.1. The number of primary sulfonamides is 1. The Balaban J connectivity index is 2.15. The Labute approximate surface area is 165 Å². The van der Waals surface area contributed by atoms with Gasteiger partial charge in [0.2, 0.25) is 10.0 Å². The number of aromatic nitrogens is 1. The predicted octanol–water partition coefficient (Wildman–Crippen LogP) is 3.23. The molecule has 0 saturated carbocycles. The van der Waals surface area contributed by atoms with Crippen LogP contribution in [0.5, 0.6) is 5.75 Å². The van der Waals surface area contributed by atoms with Gasteiger partial charge in [-0.25, -0.2) is 31.7 Å². The number of sulfonamides is 1. The second kappa shape index (κ2) is 7.25. The van der Waals surface area contributed by atoms with Crippen molar-refractivity contribution in [2.75, 3.05) is 0 Å². The molecular weight excluding hydrogens is 439 g/mol. The molecule has 1 aromatic heterocycles. The molecule has 0 saturated heterocycles. The van der Waals surface area contributed by atoms with Gasteiger partial charge in [0.05, 0.1) is 11.4 Å². The molecule has 1 heterocycles. The molecule has 13 heteroatoms. The predicted molar refractivity (Wildman–Crippen MR) is 92.5 cm³/mol. The number of oxazole rings is 1. The van der Waals surface area contributed by atoms with Gasteiger partial charge >= 0.3 is 12.1 Å². The van der Waals surface area contributed by atoms with Crippen LogP contribution in [-0.2, 0) is 10.0 Å². The first-order valence-corrected chi connectivity index (χ1v) is 9.42. The van der Waals surface area contributed by atoms with Gasteiger partial charge in [0, 0.05) is 5.56 Å². The van der Waals surface area contributed by atoms with Crippen LogP contribution in [0.3, 0.4) is 0 Å². The summed E-state index contributed by atoms with van der Waals surface area (Å²) in [4.78, 5) is 11.0. The monoisotopic (exact) mass is 450 g/mol. The molecule has 30 heavy (non-hydrogen) atoms. The average molecular weight is 450 g/mol. The summed E-state index contributed by atoms with van der Waals surface area (Å²) < 4.78 is 97.9. The second-order valence-electron chi connectivity index (χ2n) is 6.03. The summed E-state index contributed by atoms with van der Waals surface area (Å²) in [7, 11) is -4.55. The van der Waals surface area contributed by atoms with Crippen LogP contribution in [0.4, 0.5) is 22.0 Å². The zero-order valence-electron chi connectivity index (χ0n) is 14.8. The van der Waals surface area contributed by atoms with Crippen LogP contribution < -0.4 is 15.6 Å². The fourth-order valence-electron chi connectivity index (χ4n) is 2.69. The third-order valence-corrected chi connectivity index (χ3v) is 4.87. The summed E-state index contributed by atoms with van der Waals surface area (Å²) in [6.07, 6.45) is -4.15. The number of rotatable bonds is 4. The van der Waals surface area contributed by atoms with Gasteiger partial charge < -0.3 is 9.15 Å². The molecule has 3 rings (SSSR count). The van der Waals surface area contributed by atoms with E-state index in [1.54, 1.807) is 0 Å². The summed E-state index contributed by atoms with van der Waals surface area (Å²) in [5.74, 6) is -4.19. The standard InChI is InChI=1S/C17H11F5N2O5S/c1-8-4-9(2-3-14(8)29-17(20,21)22)24-13(7-28-16(24)25)10-5-12(19)15(6-11(10)18)30(23,26)27/h2-7H,1H3,(H2,23,26,27). The van der Waals surface area contributed by atoms with E-state index in [2.05, 4.69) is 4.74 Å². The highest BCUT2D eigenvalue weighted by atomic mass is 32.2. The molecule has 3 aromatic rings. The van der Waals surface area contributed by atoms with Crippen LogP contribution in [0.2, 0.25) is 0 Å². The Morgan fingerprint density at radius 2 is 1.77 bits per heavy atom. The van der Waals surface area contributed by atoms with Crippen molar-refractivity contribution in [1.82, 2.24) is 4.57 Å². The molecule has 0 aliphatic carbocycles. The maximum atomic E-state index is 14.5. The van der Waals surface area contributed by atoms with Crippen molar-refractivity contribution < 1.29 is 39.5 Å². The van der Waals surface area contributed by atoms with Crippen molar-refractivity contribution in [1.29, 1.82) is 0 Å². The highest BCUT2D eigenvalue weighted by Gasteiger charge is 2.32. The fourth-order valence-corrected chi connectivity index (χ4v) is 3.29. The van der Waals surface area contributed by atoms with Crippen LogP contribution >= 0.6 is 0 Å².